The molecule has 9 unspecified atom stereocenters. The lowest BCUT2D eigenvalue weighted by molar-refractivity contribution is -0.145. The number of carboxylic acid groups (broad SMARTS) is 4. The summed E-state index contributed by atoms with van der Waals surface area (Å²) in [5, 5.41) is 55.5. The van der Waals surface area contributed by atoms with Crippen molar-refractivity contribution in [2.45, 2.75) is 128 Å². The van der Waals surface area contributed by atoms with Gasteiger partial charge in [-0.3, -0.25) is 57.5 Å². The van der Waals surface area contributed by atoms with Crippen LogP contribution >= 0.6 is 12.6 Å². The number of rotatable bonds is 29. The summed E-state index contributed by atoms with van der Waals surface area (Å²) in [5.41, 5.74) is 5.24. The van der Waals surface area contributed by atoms with E-state index in [-0.39, 0.29) is 31.6 Å². The van der Waals surface area contributed by atoms with E-state index in [1.807, 2.05) is 0 Å². The standard InChI is InChI=1S/C39H62N10O17S/c1-6-18(4)31(37(63)47-30(17(2)3)38(64)49-11-7-8-24(49)36(62)46-23(16-67)39(65)66)48-35(61)22(13-29(56)57)45-34(60)21(12-28(54)55)44-26(51)15-41-32(58)19(5)42-33(59)20(9-10-27(52)53)43-25(50)14-40/h17-24,30-31,67H,6-16,40H2,1-5H3,(H,41,58)(H,42,59)(H,43,50)(H,44,51)(H,45,60)(H,46,62)(H,47,63)(H,48,61)(H,52,53)(H,54,55)(H,56,57)(H,65,66). The van der Waals surface area contributed by atoms with Crippen molar-refractivity contribution in [3.05, 3.63) is 0 Å². The largest absolute Gasteiger partial charge is 0.481 e. The Morgan fingerprint density at radius 3 is 1.69 bits per heavy atom. The van der Waals surface area contributed by atoms with Gasteiger partial charge in [-0.25, -0.2) is 4.79 Å². The van der Waals surface area contributed by atoms with E-state index >= 15 is 0 Å². The Balaban J connectivity index is 3.17. The lowest BCUT2D eigenvalue weighted by atomic mass is 9.95. The summed E-state index contributed by atoms with van der Waals surface area (Å²) in [7, 11) is 0. The van der Waals surface area contributed by atoms with Crippen LogP contribution in [0.1, 0.15) is 79.6 Å². The predicted octanol–water partition coefficient (Wildman–Crippen LogP) is -5.00. The molecule has 67 heavy (non-hydrogen) atoms. The molecule has 0 aliphatic carbocycles. The zero-order chi connectivity index (χ0) is 51.3. The first kappa shape index (κ1) is 58.4. The van der Waals surface area contributed by atoms with Gasteiger partial charge in [0.05, 0.1) is 25.9 Å². The maximum atomic E-state index is 13.9. The summed E-state index contributed by atoms with van der Waals surface area (Å²) in [6, 6.07) is -11.9. The number of nitrogens with two attached hydrogens (primary N) is 1. The minimum Gasteiger partial charge on any atom is -0.481 e. The number of nitrogens with one attached hydrogen (secondary N) is 8. The van der Waals surface area contributed by atoms with Crippen molar-refractivity contribution in [1.29, 1.82) is 0 Å². The second-order valence-corrected chi connectivity index (χ2v) is 16.3. The number of aliphatic carboxylic acids is 4. The molecule has 1 fully saturated rings. The Morgan fingerprint density at radius 1 is 0.642 bits per heavy atom. The number of carboxylic acids is 4. The summed E-state index contributed by atoms with van der Waals surface area (Å²) in [6.45, 7) is 6.25. The van der Waals surface area contributed by atoms with Gasteiger partial charge in [0.2, 0.25) is 53.2 Å². The van der Waals surface area contributed by atoms with Crippen LogP contribution in [0.4, 0.5) is 0 Å². The van der Waals surface area contributed by atoms with Gasteiger partial charge in [0.1, 0.15) is 48.3 Å². The van der Waals surface area contributed by atoms with Crippen LogP contribution in [-0.2, 0) is 62.3 Å². The highest BCUT2D eigenvalue weighted by Gasteiger charge is 2.41. The highest BCUT2D eigenvalue weighted by molar-refractivity contribution is 7.80. The number of nitrogens with zero attached hydrogens (tertiary/aromatic N) is 1. The van der Waals surface area contributed by atoms with Crippen LogP contribution in [0.2, 0.25) is 0 Å². The zero-order valence-corrected chi connectivity index (χ0v) is 38.5. The maximum Gasteiger partial charge on any atom is 0.327 e. The van der Waals surface area contributed by atoms with Crippen molar-refractivity contribution < 1.29 is 82.8 Å². The van der Waals surface area contributed by atoms with Crippen molar-refractivity contribution in [2.24, 2.45) is 17.6 Å². The van der Waals surface area contributed by atoms with Gasteiger partial charge in [-0.15, -0.1) is 0 Å². The normalized spacial score (nSPS) is 16.8. The van der Waals surface area contributed by atoms with Crippen molar-refractivity contribution in [2.75, 3.05) is 25.4 Å². The quantitative estimate of drug-likeness (QED) is 0.0312. The number of carbonyl (C=O) groups is 13. The van der Waals surface area contributed by atoms with Crippen LogP contribution in [0.25, 0.3) is 0 Å². The molecule has 1 aliphatic rings. The molecule has 0 aromatic heterocycles. The molecule has 0 spiro atoms. The molecular formula is C39H62N10O17S. The Kier molecular flexibility index (Phi) is 24.8. The van der Waals surface area contributed by atoms with E-state index in [1.165, 1.54) is 11.8 Å². The first-order valence-corrected chi connectivity index (χ1v) is 21.8. The fraction of sp³-hybridized carbons (Fsp3) is 0.667. The molecular weight excluding hydrogens is 913 g/mol. The Hall–Kier alpha value is -6.58. The van der Waals surface area contributed by atoms with Gasteiger partial charge in [0.25, 0.3) is 0 Å². The molecule has 14 N–H and O–H groups in total. The van der Waals surface area contributed by atoms with E-state index in [0.29, 0.717) is 6.42 Å². The molecule has 9 atom stereocenters. The molecule has 27 nitrogen and oxygen atoms in total. The van der Waals surface area contributed by atoms with E-state index in [0.717, 1.165) is 0 Å². The van der Waals surface area contributed by atoms with Gasteiger partial charge in [-0.1, -0.05) is 34.1 Å². The molecule has 376 valence electrons. The summed E-state index contributed by atoms with van der Waals surface area (Å²) in [4.78, 5) is 165. The molecule has 0 aromatic carbocycles. The number of likely N-dealkylation sites (tertiary alicyclic amines) is 1. The zero-order valence-electron chi connectivity index (χ0n) is 37.6. The van der Waals surface area contributed by atoms with E-state index in [2.05, 4.69) is 55.2 Å². The first-order chi connectivity index (χ1) is 31.3. The molecule has 1 saturated heterocycles. The van der Waals surface area contributed by atoms with Crippen molar-refractivity contribution >= 4 is 89.7 Å². The molecule has 1 rings (SSSR count). The van der Waals surface area contributed by atoms with Crippen molar-refractivity contribution in [3.63, 3.8) is 0 Å². The van der Waals surface area contributed by atoms with Gasteiger partial charge in [-0.05, 0) is 38.0 Å². The van der Waals surface area contributed by atoms with Gasteiger partial charge < -0.3 is 73.6 Å². The minimum atomic E-state index is -1.98. The number of thiol groups is 1. The monoisotopic (exact) mass is 974 g/mol. The Morgan fingerprint density at radius 2 is 1.18 bits per heavy atom. The van der Waals surface area contributed by atoms with E-state index < -0.39 is 170 Å². The number of amides is 9. The van der Waals surface area contributed by atoms with Gasteiger partial charge in [0.15, 0.2) is 0 Å². The van der Waals surface area contributed by atoms with Gasteiger partial charge in [-0.2, -0.15) is 12.6 Å². The van der Waals surface area contributed by atoms with Crippen LogP contribution in [-0.4, -0.2) is 176 Å². The van der Waals surface area contributed by atoms with Crippen molar-refractivity contribution in [3.8, 4) is 0 Å². The van der Waals surface area contributed by atoms with E-state index in [9.17, 15) is 77.6 Å². The lowest BCUT2D eigenvalue weighted by Crippen LogP contribution is -2.61. The molecule has 0 bridgehead atoms. The fourth-order valence-corrected chi connectivity index (χ4v) is 6.67. The van der Waals surface area contributed by atoms with Gasteiger partial charge in [0, 0.05) is 18.7 Å². The SMILES string of the molecule is CCC(C)C(NC(=O)C(CC(=O)O)NC(=O)C(CC(=O)O)NC(=O)CNC(=O)C(C)NC(=O)C(CCC(=O)O)NC(=O)CN)C(=O)NC(C(=O)N1CCCC1C(=O)NC(CS)C(=O)O)C(C)C. The average Bonchev–Trinajstić information content (AvgIpc) is 3.75. The summed E-state index contributed by atoms with van der Waals surface area (Å²) < 4.78 is 0. The smallest absolute Gasteiger partial charge is 0.327 e. The van der Waals surface area contributed by atoms with E-state index in [4.69, 9.17) is 10.8 Å². The molecule has 1 aliphatic heterocycles. The molecule has 28 heteroatoms. The highest BCUT2D eigenvalue weighted by Crippen LogP contribution is 2.21. The van der Waals surface area contributed by atoms with Gasteiger partial charge >= 0.3 is 23.9 Å². The predicted molar refractivity (Wildman–Crippen MR) is 233 cm³/mol. The second kappa shape index (κ2) is 28.5. The number of carbonyl (C=O) groups excluding carboxylic acids is 9. The minimum absolute atomic E-state index is 0.103. The fourth-order valence-electron chi connectivity index (χ4n) is 6.42. The van der Waals surface area contributed by atoms with Crippen molar-refractivity contribution in [1.82, 2.24) is 47.4 Å². The maximum absolute atomic E-state index is 13.9. The molecule has 0 radical (unpaired) electrons. The average molecular weight is 975 g/mol. The van der Waals surface area contributed by atoms with Crippen LogP contribution < -0.4 is 48.3 Å². The third-order valence-corrected chi connectivity index (χ3v) is 10.7. The second-order valence-electron chi connectivity index (χ2n) is 16.0. The van der Waals surface area contributed by atoms with Crippen LogP contribution in [0, 0.1) is 11.8 Å². The van der Waals surface area contributed by atoms with Crippen LogP contribution in [0.5, 0.6) is 0 Å². The van der Waals surface area contributed by atoms with E-state index in [1.54, 1.807) is 27.7 Å². The molecule has 0 aromatic rings. The third-order valence-electron chi connectivity index (χ3n) is 10.4. The van der Waals surface area contributed by atoms with Crippen LogP contribution in [0.3, 0.4) is 0 Å². The number of hydrogen-bond donors (Lipinski definition) is 14. The Labute approximate surface area is 390 Å². The molecule has 1 heterocycles. The molecule has 0 saturated carbocycles. The Bertz CT molecular complexity index is 1870. The summed E-state index contributed by atoms with van der Waals surface area (Å²) in [6.07, 6.45) is -2.27. The molecule has 9 amide bonds. The summed E-state index contributed by atoms with van der Waals surface area (Å²) >= 11 is 3.94. The number of hydrogen-bond acceptors (Lipinski definition) is 15. The highest BCUT2D eigenvalue weighted by atomic mass is 32.1. The summed E-state index contributed by atoms with van der Waals surface area (Å²) in [5.74, 6) is -16.2. The lowest BCUT2D eigenvalue weighted by Gasteiger charge is -2.33. The first-order valence-electron chi connectivity index (χ1n) is 21.2. The van der Waals surface area contributed by atoms with Crippen LogP contribution in [0.15, 0.2) is 0 Å². The topological polar surface area (TPSA) is 428 Å². The third kappa shape index (κ3) is 19.8.